The number of fused-ring (bicyclic) bond motifs is 6. The zero-order valence-corrected chi connectivity index (χ0v) is 31.9. The number of para-hydroxylation sites is 2. The first-order valence-corrected chi connectivity index (χ1v) is 20.3. The molecule has 2 aromatic heterocycles. The average Bonchev–Trinajstić information content (AvgIpc) is 3.83. The van der Waals surface area contributed by atoms with Crippen LogP contribution in [0.15, 0.2) is 218 Å². The highest BCUT2D eigenvalue weighted by Gasteiger charge is 2.24. The van der Waals surface area contributed by atoms with Crippen molar-refractivity contribution in [1.29, 1.82) is 0 Å². The molecule has 0 N–H and O–H groups in total. The van der Waals surface area contributed by atoms with E-state index in [-0.39, 0.29) is 0 Å². The number of hydrogen-bond acceptors (Lipinski definition) is 2. The maximum Gasteiger partial charge on any atom is 0.0546 e. The van der Waals surface area contributed by atoms with Crippen molar-refractivity contribution in [3.05, 3.63) is 218 Å². The number of thiophene rings is 1. The van der Waals surface area contributed by atoms with E-state index >= 15 is 0 Å². The Morgan fingerprint density at radius 2 is 0.895 bits per heavy atom. The molecule has 11 aromatic rings. The molecule has 0 bridgehead atoms. The standard InChI is InChI=1S/C54H36N2S/c1-3-17-37(18-4-1)42-23-7-8-27-47(42)54-43(38-19-5-2-6-20-38)28-16-31-51(54)55(41-33-34-53-48(36-41)46-26-11-14-32-52(46)57-53)39-21-15-22-40(35-39)56-49-29-12-9-24-44(49)45-25-10-13-30-50(45)56/h1-36H. The quantitative estimate of drug-likeness (QED) is 0.158. The maximum absolute atomic E-state index is 2.48. The molecular formula is C54H36N2S. The molecule has 0 aliphatic heterocycles. The number of hydrogen-bond donors (Lipinski definition) is 0. The Labute approximate surface area is 335 Å². The maximum atomic E-state index is 2.48. The van der Waals surface area contributed by atoms with E-state index in [1.54, 1.807) is 0 Å². The Balaban J connectivity index is 1.22. The Morgan fingerprint density at radius 3 is 1.63 bits per heavy atom. The van der Waals surface area contributed by atoms with Gasteiger partial charge in [0.1, 0.15) is 0 Å². The molecule has 2 nitrogen and oxygen atoms in total. The molecule has 0 radical (unpaired) electrons. The molecular weight excluding hydrogens is 709 g/mol. The van der Waals surface area contributed by atoms with Crippen LogP contribution in [-0.2, 0) is 0 Å². The fourth-order valence-electron chi connectivity index (χ4n) is 8.69. The summed E-state index contributed by atoms with van der Waals surface area (Å²) in [4.78, 5) is 2.48. The van der Waals surface area contributed by atoms with Crippen LogP contribution in [0, 0.1) is 0 Å². The SMILES string of the molecule is c1ccc(-c2ccccc2-c2c(-c3ccccc3)cccc2N(c2cccc(-n3c4ccccc4c4ccccc43)c2)c2ccc3sc4ccccc4c3c2)cc1. The Morgan fingerprint density at radius 1 is 0.351 bits per heavy atom. The van der Waals surface area contributed by atoms with Gasteiger partial charge >= 0.3 is 0 Å². The lowest BCUT2D eigenvalue weighted by Crippen LogP contribution is -2.12. The number of anilines is 3. The molecule has 11 rings (SSSR count). The summed E-state index contributed by atoms with van der Waals surface area (Å²) in [5.74, 6) is 0. The zero-order valence-electron chi connectivity index (χ0n) is 31.1. The fourth-order valence-corrected chi connectivity index (χ4v) is 9.78. The van der Waals surface area contributed by atoms with Crippen LogP contribution < -0.4 is 4.90 Å². The summed E-state index contributed by atoms with van der Waals surface area (Å²) in [5, 5.41) is 5.05. The van der Waals surface area contributed by atoms with E-state index in [4.69, 9.17) is 0 Å². The molecule has 3 heteroatoms. The van der Waals surface area contributed by atoms with Gasteiger partial charge in [0.05, 0.1) is 16.7 Å². The van der Waals surface area contributed by atoms with Gasteiger partial charge in [-0.2, -0.15) is 0 Å². The van der Waals surface area contributed by atoms with E-state index in [1.165, 1.54) is 75.4 Å². The lowest BCUT2D eigenvalue weighted by atomic mass is 9.87. The molecule has 0 unspecified atom stereocenters. The number of benzene rings is 9. The molecule has 9 aromatic carbocycles. The topological polar surface area (TPSA) is 8.17 Å². The van der Waals surface area contributed by atoms with Crippen LogP contribution in [0.2, 0.25) is 0 Å². The number of nitrogens with zero attached hydrogens (tertiary/aromatic N) is 2. The number of rotatable bonds is 7. The lowest BCUT2D eigenvalue weighted by Gasteiger charge is -2.30. The van der Waals surface area contributed by atoms with E-state index in [0.29, 0.717) is 0 Å². The first-order valence-electron chi connectivity index (χ1n) is 19.4. The van der Waals surface area contributed by atoms with Crippen molar-refractivity contribution in [3.63, 3.8) is 0 Å². The molecule has 0 fully saturated rings. The monoisotopic (exact) mass is 744 g/mol. The highest BCUT2D eigenvalue weighted by Crippen LogP contribution is 2.49. The van der Waals surface area contributed by atoms with Crippen LogP contribution in [-0.4, -0.2) is 4.57 Å². The third-order valence-corrected chi connectivity index (χ3v) is 12.3. The molecule has 2 heterocycles. The van der Waals surface area contributed by atoms with Crippen LogP contribution in [0.25, 0.3) is 81.0 Å². The van der Waals surface area contributed by atoms with Crippen LogP contribution in [0.4, 0.5) is 17.1 Å². The summed E-state index contributed by atoms with van der Waals surface area (Å²) in [5.41, 5.74) is 13.9. The van der Waals surface area contributed by atoms with Gasteiger partial charge in [-0.25, -0.2) is 0 Å². The van der Waals surface area contributed by atoms with Crippen molar-refractivity contribution in [3.8, 4) is 39.1 Å². The Bertz CT molecular complexity index is 3190. The molecule has 57 heavy (non-hydrogen) atoms. The summed E-state index contributed by atoms with van der Waals surface area (Å²) in [6, 6.07) is 79.6. The lowest BCUT2D eigenvalue weighted by molar-refractivity contribution is 1.17. The van der Waals surface area contributed by atoms with Gasteiger partial charge in [0.2, 0.25) is 0 Å². The molecule has 0 saturated carbocycles. The van der Waals surface area contributed by atoms with Gasteiger partial charge in [0.25, 0.3) is 0 Å². The van der Waals surface area contributed by atoms with E-state index in [1.807, 2.05) is 11.3 Å². The number of aromatic nitrogens is 1. The van der Waals surface area contributed by atoms with E-state index in [2.05, 4.69) is 228 Å². The molecule has 0 aliphatic rings. The molecule has 268 valence electrons. The second-order valence-electron chi connectivity index (χ2n) is 14.5. The summed E-state index contributed by atoms with van der Waals surface area (Å²) < 4.78 is 4.99. The average molecular weight is 745 g/mol. The minimum absolute atomic E-state index is 1.08. The minimum Gasteiger partial charge on any atom is -0.310 e. The van der Waals surface area contributed by atoms with Crippen LogP contribution in [0.1, 0.15) is 0 Å². The molecule has 0 atom stereocenters. The van der Waals surface area contributed by atoms with Gasteiger partial charge in [0, 0.05) is 53.6 Å². The van der Waals surface area contributed by atoms with Crippen LogP contribution in [0.5, 0.6) is 0 Å². The first kappa shape index (κ1) is 33.2. The fraction of sp³-hybridized carbons (Fsp3) is 0. The summed E-state index contributed by atoms with van der Waals surface area (Å²) in [7, 11) is 0. The van der Waals surface area contributed by atoms with Gasteiger partial charge in [-0.1, -0.05) is 158 Å². The van der Waals surface area contributed by atoms with E-state index < -0.39 is 0 Å². The third-order valence-electron chi connectivity index (χ3n) is 11.2. The first-order chi connectivity index (χ1) is 28.3. The van der Waals surface area contributed by atoms with Crippen molar-refractivity contribution in [2.75, 3.05) is 4.90 Å². The van der Waals surface area contributed by atoms with E-state index in [9.17, 15) is 0 Å². The van der Waals surface area contributed by atoms with Crippen LogP contribution in [0.3, 0.4) is 0 Å². The van der Waals surface area contributed by atoms with Crippen molar-refractivity contribution < 1.29 is 0 Å². The Hall–Kier alpha value is -7.20. The van der Waals surface area contributed by atoms with E-state index in [0.717, 1.165) is 22.7 Å². The van der Waals surface area contributed by atoms with Gasteiger partial charge in [-0.15, -0.1) is 11.3 Å². The smallest absolute Gasteiger partial charge is 0.0546 e. The summed E-state index contributed by atoms with van der Waals surface area (Å²) >= 11 is 1.85. The highest BCUT2D eigenvalue weighted by molar-refractivity contribution is 7.25. The minimum atomic E-state index is 1.08. The van der Waals surface area contributed by atoms with Gasteiger partial charge in [-0.3, -0.25) is 0 Å². The zero-order chi connectivity index (χ0) is 37.7. The van der Waals surface area contributed by atoms with Crippen molar-refractivity contribution in [1.82, 2.24) is 4.57 Å². The van der Waals surface area contributed by atoms with Gasteiger partial charge < -0.3 is 9.47 Å². The summed E-state index contributed by atoms with van der Waals surface area (Å²) in [6.07, 6.45) is 0. The highest BCUT2D eigenvalue weighted by atomic mass is 32.1. The predicted molar refractivity (Wildman–Crippen MR) is 245 cm³/mol. The molecule has 0 aliphatic carbocycles. The van der Waals surface area contributed by atoms with Crippen molar-refractivity contribution >= 4 is 70.4 Å². The second-order valence-corrected chi connectivity index (χ2v) is 15.6. The summed E-state index contributed by atoms with van der Waals surface area (Å²) in [6.45, 7) is 0. The normalized spacial score (nSPS) is 11.5. The van der Waals surface area contributed by atoms with Gasteiger partial charge in [0.15, 0.2) is 0 Å². The van der Waals surface area contributed by atoms with Crippen molar-refractivity contribution in [2.45, 2.75) is 0 Å². The van der Waals surface area contributed by atoms with Crippen molar-refractivity contribution in [2.24, 2.45) is 0 Å². The molecule has 0 saturated heterocycles. The third kappa shape index (κ3) is 5.63. The molecule has 0 spiro atoms. The second kappa shape index (κ2) is 13.8. The largest absolute Gasteiger partial charge is 0.310 e. The predicted octanol–water partition coefficient (Wildman–Crippen LogP) is 15.6. The van der Waals surface area contributed by atoms with Gasteiger partial charge in [-0.05, 0) is 88.5 Å². The molecule has 0 amide bonds. The van der Waals surface area contributed by atoms with Crippen LogP contribution >= 0.6 is 11.3 Å². The Kier molecular flexibility index (Phi) is 8.04.